The van der Waals surface area contributed by atoms with Crippen molar-refractivity contribution in [3.63, 3.8) is 0 Å². The molecule has 0 fully saturated rings. The molecule has 1 aromatic rings. The van der Waals surface area contributed by atoms with Crippen LogP contribution in [0, 0.1) is 15.7 Å². The zero-order valence-electron chi connectivity index (χ0n) is 12.6. The molecule has 0 saturated heterocycles. The Hall–Kier alpha value is -1.51. The van der Waals surface area contributed by atoms with Gasteiger partial charge in [-0.15, -0.1) is 0 Å². The van der Waals surface area contributed by atoms with Gasteiger partial charge in [-0.25, -0.2) is 0 Å². The number of ketones is 1. The third-order valence-corrected chi connectivity index (χ3v) is 2.13. The van der Waals surface area contributed by atoms with E-state index in [1.165, 1.54) is 0 Å². The topological polar surface area (TPSA) is 133 Å². The van der Waals surface area contributed by atoms with E-state index in [1.54, 1.807) is 24.3 Å². The Bertz CT molecular complexity index is 468. The van der Waals surface area contributed by atoms with Gasteiger partial charge in [0.15, 0.2) is 12.4 Å². The Morgan fingerprint density at radius 2 is 1.59 bits per heavy atom. The molecule has 7 nitrogen and oxygen atoms in total. The number of rotatable bonds is 4. The lowest BCUT2D eigenvalue weighted by atomic mass is 9.92. The van der Waals surface area contributed by atoms with Crippen molar-refractivity contribution in [2.45, 2.75) is 27.2 Å². The lowest BCUT2D eigenvalue weighted by Crippen LogP contribution is -2.58. The molecule has 1 rings (SSSR count). The fraction of sp³-hybridized carbons (Fsp3) is 0.429. The molecule has 0 radical (unpaired) electrons. The average molecular weight is 335 g/mol. The summed E-state index contributed by atoms with van der Waals surface area (Å²) >= 11 is 0. The van der Waals surface area contributed by atoms with E-state index in [1.807, 2.05) is 26.8 Å². The third kappa shape index (κ3) is 13.5. The van der Waals surface area contributed by atoms with Crippen molar-refractivity contribution in [2.75, 3.05) is 6.61 Å². The number of benzene rings is 1. The van der Waals surface area contributed by atoms with Crippen LogP contribution in [0.25, 0.3) is 0 Å². The summed E-state index contributed by atoms with van der Waals surface area (Å²) in [5, 5.41) is 0. The minimum atomic E-state index is -4.69. The zero-order chi connectivity index (χ0) is 17.4. The Kier molecular flexibility index (Phi) is 8.21. The summed E-state index contributed by atoms with van der Waals surface area (Å²) in [6.07, 6.45) is 0.315. The predicted molar refractivity (Wildman–Crippen MR) is 68.0 cm³/mol. The van der Waals surface area contributed by atoms with Crippen LogP contribution in [0.1, 0.15) is 37.6 Å². The van der Waals surface area contributed by atoms with Crippen LogP contribution in [0.5, 0.6) is 0 Å². The van der Waals surface area contributed by atoms with E-state index in [2.05, 4.69) is 0 Å². The quantitative estimate of drug-likeness (QED) is 0.535. The highest BCUT2D eigenvalue weighted by Gasteiger charge is 2.18. The molecule has 0 heterocycles. The van der Waals surface area contributed by atoms with E-state index in [0.717, 1.165) is 0 Å². The number of halogens is 1. The van der Waals surface area contributed by atoms with Crippen molar-refractivity contribution in [1.29, 1.82) is 0 Å². The summed E-state index contributed by atoms with van der Waals surface area (Å²) in [6, 6.07) is 8.82. The van der Waals surface area contributed by atoms with Gasteiger partial charge in [0.1, 0.15) is 0 Å². The van der Waals surface area contributed by atoms with Gasteiger partial charge < -0.3 is 4.74 Å². The lowest BCUT2D eigenvalue weighted by molar-refractivity contribution is -1.92. The molecular formula is C14H19ClO7. The molecule has 0 spiro atoms. The van der Waals surface area contributed by atoms with Crippen LogP contribution in [0.3, 0.4) is 0 Å². The first-order chi connectivity index (χ1) is 9.88. The van der Waals surface area contributed by atoms with Crippen molar-refractivity contribution in [3.05, 3.63) is 35.9 Å². The molecular weight excluding hydrogens is 316 g/mol. The summed E-state index contributed by atoms with van der Waals surface area (Å²) in [5.74, 6) is -0.505. The second kappa shape index (κ2) is 8.82. The van der Waals surface area contributed by atoms with Gasteiger partial charge in [0.05, 0.1) is 21.3 Å². The molecule has 0 atom stereocenters. The highest BCUT2D eigenvalue weighted by Crippen LogP contribution is 2.18. The van der Waals surface area contributed by atoms with E-state index < -0.39 is 10.2 Å². The molecule has 0 saturated carbocycles. The number of hydrogen-bond acceptors (Lipinski definition) is 7. The van der Waals surface area contributed by atoms with Gasteiger partial charge in [0, 0.05) is 5.56 Å². The van der Waals surface area contributed by atoms with Gasteiger partial charge in [-0.05, 0) is 5.41 Å². The maximum absolute atomic E-state index is 11.6. The molecule has 8 heteroatoms. The highest BCUT2D eigenvalue weighted by atomic mass is 35.7. The van der Waals surface area contributed by atoms with Gasteiger partial charge >= 0.3 is 5.97 Å². The van der Waals surface area contributed by atoms with E-state index in [-0.39, 0.29) is 23.8 Å². The second-order valence-electron chi connectivity index (χ2n) is 5.58. The average Bonchev–Trinajstić information content (AvgIpc) is 2.33. The van der Waals surface area contributed by atoms with E-state index >= 15 is 0 Å². The first-order valence-corrected chi connectivity index (χ1v) is 7.52. The van der Waals surface area contributed by atoms with Crippen LogP contribution in [0.4, 0.5) is 0 Å². The van der Waals surface area contributed by atoms with Gasteiger partial charge in [0.25, 0.3) is 0 Å². The van der Waals surface area contributed by atoms with E-state index in [0.29, 0.717) is 12.0 Å². The van der Waals surface area contributed by atoms with Crippen LogP contribution < -0.4 is 14.0 Å². The van der Waals surface area contributed by atoms with Crippen molar-refractivity contribution >= 4 is 11.8 Å². The van der Waals surface area contributed by atoms with Gasteiger partial charge in [-0.2, -0.15) is 14.0 Å². The molecule has 22 heavy (non-hydrogen) atoms. The minimum Gasteiger partial charge on any atom is -0.457 e. The molecule has 1 N–H and O–H groups in total. The first kappa shape index (κ1) is 20.5. The number of carbonyl (C=O) groups excluding carboxylic acids is 2. The van der Waals surface area contributed by atoms with E-state index in [4.69, 9.17) is 23.4 Å². The Morgan fingerprint density at radius 1 is 1.14 bits per heavy atom. The zero-order valence-corrected chi connectivity index (χ0v) is 13.3. The number of hydrogen-bond donors (Lipinski definition) is 1. The molecule has 0 unspecified atom stereocenters. The summed E-state index contributed by atoms with van der Waals surface area (Å²) in [4.78, 5) is 23.1. The van der Waals surface area contributed by atoms with Gasteiger partial charge in [-0.3, -0.25) is 9.59 Å². The first-order valence-electron chi connectivity index (χ1n) is 6.25. The maximum Gasteiger partial charge on any atom is 0.306 e. The van der Waals surface area contributed by atoms with E-state index in [9.17, 15) is 9.59 Å². The van der Waals surface area contributed by atoms with Crippen molar-refractivity contribution in [2.24, 2.45) is 5.41 Å². The maximum atomic E-state index is 11.6. The molecule has 0 amide bonds. The Morgan fingerprint density at radius 3 is 2.00 bits per heavy atom. The van der Waals surface area contributed by atoms with Crippen molar-refractivity contribution in [1.82, 2.24) is 0 Å². The predicted octanol–water partition coefficient (Wildman–Crippen LogP) is -1.28. The Labute approximate surface area is 130 Å². The fourth-order valence-corrected chi connectivity index (χ4v) is 1.34. The Balaban J connectivity index is 0.000000763. The molecule has 0 aliphatic carbocycles. The molecule has 0 aromatic heterocycles. The SMILES string of the molecule is CC(C)(C)CC(=O)OCC(=O)c1ccccc1.[O-][Cl+3]([O-])([O-])O. The molecule has 0 aliphatic rings. The molecule has 124 valence electrons. The summed E-state index contributed by atoms with van der Waals surface area (Å²) < 4.78 is 37.7. The second-order valence-corrected chi connectivity index (χ2v) is 6.38. The molecule has 0 aliphatic heterocycles. The lowest BCUT2D eigenvalue weighted by Gasteiger charge is -2.16. The summed E-state index contributed by atoms with van der Waals surface area (Å²) in [6.45, 7) is 5.67. The molecule has 0 bridgehead atoms. The standard InChI is InChI=1S/C14H18O3.ClHO4/c1-14(2,3)9-13(16)17-10-12(15)11-7-5-4-6-8-11;2-1(3,4)5/h4-8H,9-10H2,1-3H3;(H,2,3,4,5). The van der Waals surface area contributed by atoms with Crippen LogP contribution in [0.2, 0.25) is 0 Å². The summed E-state index contributed by atoms with van der Waals surface area (Å²) in [5.41, 5.74) is 0.448. The van der Waals surface area contributed by atoms with Crippen molar-refractivity contribution in [3.8, 4) is 0 Å². The van der Waals surface area contributed by atoms with Gasteiger partial charge in [-0.1, -0.05) is 51.1 Å². The van der Waals surface area contributed by atoms with Crippen LogP contribution in [-0.2, 0) is 9.53 Å². The van der Waals surface area contributed by atoms with Crippen molar-refractivity contribution < 1.29 is 43.2 Å². The van der Waals surface area contributed by atoms with Gasteiger partial charge in [0.2, 0.25) is 0 Å². The third-order valence-electron chi connectivity index (χ3n) is 2.13. The van der Waals surface area contributed by atoms with Crippen LogP contribution in [-0.4, -0.2) is 23.0 Å². The highest BCUT2D eigenvalue weighted by molar-refractivity contribution is 5.97. The number of ether oxygens (including phenoxy) is 1. The van der Waals surface area contributed by atoms with Crippen LogP contribution >= 0.6 is 0 Å². The number of carbonyl (C=O) groups is 2. The van der Waals surface area contributed by atoms with Crippen LogP contribution in [0.15, 0.2) is 30.3 Å². The number of esters is 1. The molecule has 1 aromatic carbocycles. The monoisotopic (exact) mass is 334 g/mol. The fourth-order valence-electron chi connectivity index (χ4n) is 1.34. The minimum absolute atomic E-state index is 0.118. The smallest absolute Gasteiger partial charge is 0.306 e. The summed E-state index contributed by atoms with van der Waals surface area (Å²) in [7, 11) is -4.69. The normalized spacial score (nSPS) is 11.2. The largest absolute Gasteiger partial charge is 0.457 e. The number of Topliss-reactive ketones (excluding diaryl/α,β-unsaturated/α-hetero) is 1.